The van der Waals surface area contributed by atoms with Crippen LogP contribution < -0.4 is 4.90 Å². The van der Waals surface area contributed by atoms with Gasteiger partial charge >= 0.3 is 0 Å². The molecule has 0 aliphatic heterocycles. The van der Waals surface area contributed by atoms with E-state index in [1.54, 1.807) is 53.1 Å². The van der Waals surface area contributed by atoms with Crippen LogP contribution >= 0.6 is 46.2 Å². The Hall–Kier alpha value is -1.49. The summed E-state index contributed by atoms with van der Waals surface area (Å²) in [6, 6.07) is 6.19. The number of para-hydroxylation sites is 1. The number of carbonyl (C=O) groups is 1. The first-order valence-corrected chi connectivity index (χ1v) is 11.3. The molecule has 0 atom stereocenters. The highest BCUT2D eigenvalue weighted by atomic mass is 32.2. The lowest BCUT2D eigenvalue weighted by Gasteiger charge is -2.18. The molecule has 10 heteroatoms. The number of thiazole rings is 1. The largest absolute Gasteiger partial charge is 0.274 e. The van der Waals surface area contributed by atoms with Crippen LogP contribution in [0.3, 0.4) is 0 Å². The predicted octanol–water partition coefficient (Wildman–Crippen LogP) is 5.22. The molecule has 0 saturated heterocycles. The third kappa shape index (κ3) is 4.61. The van der Waals surface area contributed by atoms with Crippen LogP contribution in [0.1, 0.15) is 19.5 Å². The lowest BCUT2D eigenvalue weighted by atomic mass is 10.3. The zero-order valence-corrected chi connectivity index (χ0v) is 17.3. The Morgan fingerprint density at radius 2 is 1.96 bits per heavy atom. The Labute approximate surface area is 167 Å². The lowest BCUT2D eigenvalue weighted by Crippen LogP contribution is -2.23. The van der Waals surface area contributed by atoms with Crippen LogP contribution in [0, 0.1) is 5.82 Å². The second-order valence-corrected chi connectivity index (χ2v) is 9.53. The van der Waals surface area contributed by atoms with Crippen LogP contribution in [0.5, 0.6) is 0 Å². The quantitative estimate of drug-likeness (QED) is 0.483. The molecule has 0 radical (unpaired) electrons. The zero-order chi connectivity index (χ0) is 18.5. The molecule has 2 aromatic heterocycles. The van der Waals surface area contributed by atoms with Crippen molar-refractivity contribution >= 4 is 62.9 Å². The molecule has 1 amide bonds. The monoisotopic (exact) mass is 426 g/mol. The number of anilines is 2. The summed E-state index contributed by atoms with van der Waals surface area (Å²) in [4.78, 5) is 17.8. The first-order valence-electron chi connectivity index (χ1n) is 7.67. The Bertz CT molecular complexity index is 898. The molecule has 3 aromatic rings. The molecule has 5 nitrogen and oxygen atoms in total. The van der Waals surface area contributed by atoms with Crippen LogP contribution in [0.25, 0.3) is 0 Å². The second-order valence-electron chi connectivity index (χ2n) is 4.98. The van der Waals surface area contributed by atoms with Crippen LogP contribution in [-0.2, 0) is 10.5 Å². The van der Waals surface area contributed by atoms with Crippen molar-refractivity contribution in [2.75, 3.05) is 10.7 Å². The predicted molar refractivity (Wildman–Crippen MR) is 107 cm³/mol. The van der Waals surface area contributed by atoms with E-state index in [0.717, 1.165) is 20.1 Å². The lowest BCUT2D eigenvalue weighted by molar-refractivity contribution is -0.115. The van der Waals surface area contributed by atoms with Crippen molar-refractivity contribution in [2.24, 2.45) is 0 Å². The fourth-order valence-corrected chi connectivity index (χ4v) is 5.87. The Balaban J connectivity index is 1.73. The molecular formula is C16H15FN4OS4. The maximum Gasteiger partial charge on any atom is 0.230 e. The third-order valence-corrected chi connectivity index (χ3v) is 7.12. The minimum absolute atomic E-state index is 0.207. The number of carbonyl (C=O) groups excluding carboxylic acids is 1. The van der Waals surface area contributed by atoms with Gasteiger partial charge in [-0.2, -0.15) is 0 Å². The molecule has 0 aliphatic rings. The zero-order valence-electron chi connectivity index (χ0n) is 14.0. The number of amides is 1. The van der Waals surface area contributed by atoms with Gasteiger partial charge in [0, 0.05) is 18.1 Å². The summed E-state index contributed by atoms with van der Waals surface area (Å²) < 4.78 is 15.9. The molecule has 0 aliphatic carbocycles. The number of hydrogen-bond donors (Lipinski definition) is 0. The summed E-state index contributed by atoms with van der Waals surface area (Å²) in [7, 11) is 0. The van der Waals surface area contributed by atoms with Gasteiger partial charge < -0.3 is 0 Å². The number of hydrogen-bond acceptors (Lipinski definition) is 8. The van der Waals surface area contributed by atoms with Gasteiger partial charge in [0.05, 0.1) is 11.4 Å². The van der Waals surface area contributed by atoms with Crippen molar-refractivity contribution in [3.05, 3.63) is 41.2 Å². The molecule has 26 heavy (non-hydrogen) atoms. The van der Waals surface area contributed by atoms with Crippen LogP contribution in [0.2, 0.25) is 0 Å². The molecule has 0 bridgehead atoms. The van der Waals surface area contributed by atoms with Gasteiger partial charge in [0.15, 0.2) is 13.8 Å². The van der Waals surface area contributed by atoms with Gasteiger partial charge in [-0.3, -0.25) is 9.69 Å². The Morgan fingerprint density at radius 3 is 2.65 bits per heavy atom. The van der Waals surface area contributed by atoms with Crippen molar-refractivity contribution in [3.63, 3.8) is 0 Å². The summed E-state index contributed by atoms with van der Waals surface area (Å²) in [6.45, 7) is 3.47. The number of aromatic nitrogens is 3. The maximum atomic E-state index is 14.1. The van der Waals surface area contributed by atoms with Crippen molar-refractivity contribution in [3.8, 4) is 0 Å². The summed E-state index contributed by atoms with van der Waals surface area (Å²) in [5.74, 6) is 0.842. The molecule has 0 unspecified atom stereocenters. The van der Waals surface area contributed by atoms with Gasteiger partial charge in [-0.25, -0.2) is 9.37 Å². The SMILES string of the molecule is CCSc1nnc(SCc2csc(N(C(C)=O)c3ccccc3F)n2)s1. The van der Waals surface area contributed by atoms with E-state index in [2.05, 4.69) is 22.1 Å². The number of halogens is 1. The molecule has 136 valence electrons. The molecule has 0 saturated carbocycles. The van der Waals surface area contributed by atoms with Gasteiger partial charge in [-0.1, -0.05) is 53.9 Å². The van der Waals surface area contributed by atoms with Crippen molar-refractivity contribution in [1.29, 1.82) is 0 Å². The molecule has 1 aromatic carbocycles. The topological polar surface area (TPSA) is 59.0 Å². The summed E-state index contributed by atoms with van der Waals surface area (Å²) in [6.07, 6.45) is 0. The highest BCUT2D eigenvalue weighted by Crippen LogP contribution is 2.34. The maximum absolute atomic E-state index is 14.1. The van der Waals surface area contributed by atoms with Crippen molar-refractivity contribution < 1.29 is 9.18 Å². The van der Waals surface area contributed by atoms with E-state index in [4.69, 9.17) is 0 Å². The van der Waals surface area contributed by atoms with Crippen LogP contribution in [0.15, 0.2) is 38.3 Å². The summed E-state index contributed by atoms with van der Waals surface area (Å²) in [5, 5.41) is 10.6. The minimum Gasteiger partial charge on any atom is -0.274 e. The highest BCUT2D eigenvalue weighted by Gasteiger charge is 2.21. The summed E-state index contributed by atoms with van der Waals surface area (Å²) in [5.41, 5.74) is 1.02. The second kappa shape index (κ2) is 8.94. The average molecular weight is 427 g/mol. The highest BCUT2D eigenvalue weighted by molar-refractivity contribution is 8.02. The average Bonchev–Trinajstić information content (AvgIpc) is 3.25. The first-order chi connectivity index (χ1) is 12.6. The standard InChI is InChI=1S/C16H15FN4OS4/c1-3-23-15-19-20-16(26-15)25-9-11-8-24-14(18-11)21(10(2)22)13-7-5-4-6-12(13)17/h4-8H,3,9H2,1-2H3. The van der Waals surface area contributed by atoms with Crippen molar-refractivity contribution in [2.45, 2.75) is 28.3 Å². The van der Waals surface area contributed by atoms with E-state index < -0.39 is 5.82 Å². The third-order valence-electron chi connectivity index (χ3n) is 3.14. The van der Waals surface area contributed by atoms with E-state index >= 15 is 0 Å². The van der Waals surface area contributed by atoms with Gasteiger partial charge in [0.1, 0.15) is 5.82 Å². The molecular weight excluding hydrogens is 411 g/mol. The van der Waals surface area contributed by atoms with Gasteiger partial charge in [0.2, 0.25) is 5.91 Å². The van der Waals surface area contributed by atoms with E-state index in [9.17, 15) is 9.18 Å². The molecule has 0 fully saturated rings. The first kappa shape index (κ1) is 19.3. The number of rotatable bonds is 7. The fraction of sp³-hybridized carbons (Fsp3) is 0.250. The van der Waals surface area contributed by atoms with Gasteiger partial charge in [-0.05, 0) is 17.9 Å². The smallest absolute Gasteiger partial charge is 0.230 e. The van der Waals surface area contributed by atoms with E-state index in [1.165, 1.54) is 29.2 Å². The number of thioether (sulfide) groups is 2. The van der Waals surface area contributed by atoms with E-state index in [0.29, 0.717) is 10.9 Å². The minimum atomic E-state index is -0.455. The molecule has 0 N–H and O–H groups in total. The Morgan fingerprint density at radius 1 is 1.23 bits per heavy atom. The number of nitrogens with zero attached hydrogens (tertiary/aromatic N) is 4. The van der Waals surface area contributed by atoms with E-state index in [-0.39, 0.29) is 11.6 Å². The van der Waals surface area contributed by atoms with Gasteiger partial charge in [0.25, 0.3) is 0 Å². The van der Waals surface area contributed by atoms with Crippen LogP contribution in [-0.4, -0.2) is 26.8 Å². The molecule has 2 heterocycles. The van der Waals surface area contributed by atoms with Crippen LogP contribution in [0.4, 0.5) is 15.2 Å². The van der Waals surface area contributed by atoms with Gasteiger partial charge in [-0.15, -0.1) is 21.5 Å². The Kier molecular flexibility index (Phi) is 6.63. The molecule has 3 rings (SSSR count). The number of benzene rings is 1. The van der Waals surface area contributed by atoms with Crippen molar-refractivity contribution in [1.82, 2.24) is 15.2 Å². The fourth-order valence-electron chi connectivity index (χ4n) is 2.08. The summed E-state index contributed by atoms with van der Waals surface area (Å²) >= 11 is 6.09. The van der Waals surface area contributed by atoms with E-state index in [1.807, 2.05) is 5.38 Å². The normalized spacial score (nSPS) is 10.9. The molecule has 0 spiro atoms.